The fourth-order valence-electron chi connectivity index (χ4n) is 3.25. The number of fused-ring (bicyclic) bond motifs is 2. The van der Waals surface area contributed by atoms with Crippen LogP contribution >= 0.6 is 11.3 Å². The zero-order chi connectivity index (χ0) is 20.1. The van der Waals surface area contributed by atoms with Crippen LogP contribution in [0.2, 0.25) is 0 Å². The normalized spacial score (nSPS) is 20.1. The maximum atomic E-state index is 11.0. The predicted molar refractivity (Wildman–Crippen MR) is 105 cm³/mol. The minimum absolute atomic E-state index is 0.0272. The number of hydrogen-bond acceptors (Lipinski definition) is 8. The lowest BCUT2D eigenvalue weighted by molar-refractivity contribution is -0.384. The Balaban J connectivity index is 1.75. The highest BCUT2D eigenvalue weighted by Crippen LogP contribution is 2.42. The average Bonchev–Trinajstić information content (AvgIpc) is 3.06. The molecule has 0 saturated carbocycles. The molecular formula is C19H16N4O4S. The first-order valence-electron chi connectivity index (χ1n) is 8.51. The van der Waals surface area contributed by atoms with Gasteiger partial charge in [-0.1, -0.05) is 11.3 Å². The van der Waals surface area contributed by atoms with Crippen molar-refractivity contribution in [3.63, 3.8) is 0 Å². The van der Waals surface area contributed by atoms with Gasteiger partial charge < -0.3 is 15.2 Å². The Morgan fingerprint density at radius 1 is 1.36 bits per heavy atom. The highest BCUT2D eigenvalue weighted by atomic mass is 32.1. The van der Waals surface area contributed by atoms with Crippen LogP contribution in [-0.4, -0.2) is 26.7 Å². The van der Waals surface area contributed by atoms with Crippen molar-refractivity contribution < 1.29 is 14.8 Å². The van der Waals surface area contributed by atoms with Crippen molar-refractivity contribution in [1.82, 2.24) is 4.98 Å². The average molecular weight is 396 g/mol. The SMILES string of the molecule is CC1(C)Oc2ccc(C#N)cc2[C@@H](Nc2nc3cc([N+](=O)[O-])ccc3s2)[C@@H]1O. The molecule has 2 heterocycles. The van der Waals surface area contributed by atoms with Crippen LogP contribution in [0.3, 0.4) is 0 Å². The molecule has 0 bridgehead atoms. The number of aliphatic hydroxyl groups excluding tert-OH is 1. The number of hydrogen-bond donors (Lipinski definition) is 2. The molecule has 8 nitrogen and oxygen atoms in total. The number of rotatable bonds is 3. The number of anilines is 1. The second-order valence-corrected chi connectivity index (χ2v) is 8.10. The largest absolute Gasteiger partial charge is 0.485 e. The number of non-ortho nitro benzene ring substituents is 1. The van der Waals surface area contributed by atoms with Crippen molar-refractivity contribution in [2.24, 2.45) is 0 Å². The third-order valence-corrected chi connectivity index (χ3v) is 5.70. The van der Waals surface area contributed by atoms with E-state index in [0.717, 1.165) is 4.70 Å². The van der Waals surface area contributed by atoms with Crippen LogP contribution in [0, 0.1) is 21.4 Å². The van der Waals surface area contributed by atoms with Gasteiger partial charge in [-0.3, -0.25) is 10.1 Å². The number of nitro groups is 1. The Hall–Kier alpha value is -3.22. The molecule has 0 spiro atoms. The zero-order valence-electron chi connectivity index (χ0n) is 15.0. The number of aliphatic hydroxyl groups is 1. The summed E-state index contributed by atoms with van der Waals surface area (Å²) in [6, 6.07) is 11.1. The first kappa shape index (κ1) is 18.2. The van der Waals surface area contributed by atoms with E-state index in [2.05, 4.69) is 16.4 Å². The third-order valence-electron chi connectivity index (χ3n) is 4.74. The molecule has 0 radical (unpaired) electrons. The van der Waals surface area contributed by atoms with Crippen LogP contribution in [0.25, 0.3) is 10.2 Å². The Kier molecular flexibility index (Phi) is 4.18. The fourth-order valence-corrected chi connectivity index (χ4v) is 4.13. The molecule has 1 aliphatic rings. The highest BCUT2D eigenvalue weighted by molar-refractivity contribution is 7.22. The standard InChI is InChI=1S/C19H16N4O4S/c1-19(2)17(24)16(12-7-10(9-20)3-5-14(12)27-19)22-18-21-13-8-11(23(25)26)4-6-15(13)28-18/h3-8,16-17,24H,1-2H3,(H,21,22)/t16-,17+/m1/s1. The Morgan fingerprint density at radius 2 is 2.14 bits per heavy atom. The van der Waals surface area contributed by atoms with Gasteiger partial charge in [0.05, 0.1) is 32.8 Å². The zero-order valence-corrected chi connectivity index (χ0v) is 15.9. The molecule has 2 atom stereocenters. The van der Waals surface area contributed by atoms with E-state index in [1.54, 1.807) is 38.1 Å². The topological polar surface area (TPSA) is 121 Å². The Labute approximate surface area is 164 Å². The summed E-state index contributed by atoms with van der Waals surface area (Å²) in [4.78, 5) is 14.9. The molecule has 0 unspecified atom stereocenters. The van der Waals surface area contributed by atoms with Crippen molar-refractivity contribution in [3.8, 4) is 11.8 Å². The van der Waals surface area contributed by atoms with E-state index >= 15 is 0 Å². The first-order chi connectivity index (χ1) is 13.3. The number of aromatic nitrogens is 1. The van der Waals surface area contributed by atoms with Gasteiger partial charge in [0.2, 0.25) is 0 Å². The van der Waals surface area contributed by atoms with Gasteiger partial charge in [0.15, 0.2) is 5.13 Å². The van der Waals surface area contributed by atoms with E-state index in [1.807, 2.05) is 0 Å². The second-order valence-electron chi connectivity index (χ2n) is 7.06. The van der Waals surface area contributed by atoms with Crippen molar-refractivity contribution in [2.75, 3.05) is 5.32 Å². The van der Waals surface area contributed by atoms with Crippen LogP contribution in [0.15, 0.2) is 36.4 Å². The van der Waals surface area contributed by atoms with Crippen LogP contribution in [0.5, 0.6) is 5.75 Å². The van der Waals surface area contributed by atoms with Gasteiger partial charge in [-0.2, -0.15) is 5.26 Å². The molecule has 4 rings (SSSR count). The summed E-state index contributed by atoms with van der Waals surface area (Å²) >= 11 is 1.34. The van der Waals surface area contributed by atoms with Crippen LogP contribution < -0.4 is 10.1 Å². The number of nitro benzene ring substituents is 1. The van der Waals surface area contributed by atoms with Crippen LogP contribution in [-0.2, 0) is 0 Å². The third kappa shape index (κ3) is 3.02. The highest BCUT2D eigenvalue weighted by Gasteiger charge is 2.43. The number of benzene rings is 2. The molecule has 2 N–H and O–H groups in total. The van der Waals surface area contributed by atoms with Crippen molar-refractivity contribution in [1.29, 1.82) is 5.26 Å². The monoisotopic (exact) mass is 396 g/mol. The van der Waals surface area contributed by atoms with E-state index in [1.165, 1.54) is 23.5 Å². The van der Waals surface area contributed by atoms with Gasteiger partial charge in [0.25, 0.3) is 5.69 Å². The molecule has 0 fully saturated rings. The smallest absolute Gasteiger partial charge is 0.271 e. The van der Waals surface area contributed by atoms with Gasteiger partial charge in [0.1, 0.15) is 17.5 Å². The summed E-state index contributed by atoms with van der Waals surface area (Å²) in [6.45, 7) is 3.57. The van der Waals surface area contributed by atoms with E-state index in [0.29, 0.717) is 27.5 Å². The minimum atomic E-state index is -0.907. The van der Waals surface area contributed by atoms with E-state index < -0.39 is 22.7 Å². The van der Waals surface area contributed by atoms with E-state index in [-0.39, 0.29) is 5.69 Å². The van der Waals surface area contributed by atoms with Gasteiger partial charge in [-0.05, 0) is 38.1 Å². The molecule has 9 heteroatoms. The quantitative estimate of drug-likeness (QED) is 0.510. The Bertz CT molecular complexity index is 1130. The lowest BCUT2D eigenvalue weighted by Gasteiger charge is -2.42. The lowest BCUT2D eigenvalue weighted by Crippen LogP contribution is -2.50. The number of ether oxygens (including phenoxy) is 1. The first-order valence-corrected chi connectivity index (χ1v) is 9.33. The molecule has 28 heavy (non-hydrogen) atoms. The van der Waals surface area contributed by atoms with Gasteiger partial charge in [0, 0.05) is 17.7 Å². The fraction of sp³-hybridized carbons (Fsp3) is 0.263. The summed E-state index contributed by atoms with van der Waals surface area (Å²) < 4.78 is 6.70. The number of nitrogens with one attached hydrogen (secondary N) is 1. The lowest BCUT2D eigenvalue weighted by atomic mass is 9.86. The molecule has 1 aromatic heterocycles. The number of nitriles is 1. The molecule has 3 aromatic rings. The molecule has 142 valence electrons. The van der Waals surface area contributed by atoms with Crippen LogP contribution in [0.1, 0.15) is 31.0 Å². The van der Waals surface area contributed by atoms with Crippen molar-refractivity contribution in [3.05, 3.63) is 57.6 Å². The summed E-state index contributed by atoms with van der Waals surface area (Å²) in [7, 11) is 0. The predicted octanol–water partition coefficient (Wildman–Crippen LogP) is 3.76. The number of nitrogens with zero attached hydrogens (tertiary/aromatic N) is 3. The van der Waals surface area contributed by atoms with E-state index in [9.17, 15) is 20.5 Å². The maximum Gasteiger partial charge on any atom is 0.271 e. The van der Waals surface area contributed by atoms with E-state index in [4.69, 9.17) is 4.74 Å². The molecule has 1 aliphatic heterocycles. The molecular weight excluding hydrogens is 380 g/mol. The summed E-state index contributed by atoms with van der Waals surface area (Å²) in [5.74, 6) is 0.587. The Morgan fingerprint density at radius 3 is 2.86 bits per heavy atom. The van der Waals surface area contributed by atoms with Gasteiger partial charge in [-0.25, -0.2) is 4.98 Å². The summed E-state index contributed by atoms with van der Waals surface area (Å²) in [5.41, 5.74) is 0.750. The van der Waals surface area contributed by atoms with Gasteiger partial charge >= 0.3 is 0 Å². The molecule has 2 aromatic carbocycles. The molecule has 0 aliphatic carbocycles. The maximum absolute atomic E-state index is 11.0. The minimum Gasteiger partial charge on any atom is -0.485 e. The number of thiazole rings is 1. The second kappa shape index (κ2) is 6.44. The van der Waals surface area contributed by atoms with Crippen molar-refractivity contribution >= 4 is 32.4 Å². The van der Waals surface area contributed by atoms with Gasteiger partial charge in [-0.15, -0.1) is 0 Å². The summed E-state index contributed by atoms with van der Waals surface area (Å²) in [6.07, 6.45) is -0.907. The van der Waals surface area contributed by atoms with Crippen LogP contribution in [0.4, 0.5) is 10.8 Å². The summed E-state index contributed by atoms with van der Waals surface area (Å²) in [5, 5.41) is 34.8. The molecule has 0 saturated heterocycles. The molecule has 0 amide bonds. The van der Waals surface area contributed by atoms with Crippen molar-refractivity contribution in [2.45, 2.75) is 31.6 Å².